The molecule has 3 aromatic carbocycles. The summed E-state index contributed by atoms with van der Waals surface area (Å²) in [6, 6.07) is 18.8. The molecule has 6 heteroatoms. The lowest BCUT2D eigenvalue weighted by atomic mass is 10.2. The molecule has 0 heterocycles. The molecule has 1 amide bonds. The number of hydrogen-bond acceptors (Lipinski definition) is 3. The predicted molar refractivity (Wildman–Crippen MR) is 123 cm³/mol. The number of aryl methyl sites for hydroxylation is 2. The number of anilines is 1. The molecule has 0 spiro atoms. The Morgan fingerprint density at radius 3 is 2.72 bits per heavy atom. The van der Waals surface area contributed by atoms with Crippen LogP contribution in [0.25, 0.3) is 0 Å². The summed E-state index contributed by atoms with van der Waals surface area (Å²) in [5.74, 6) is 0.335. The minimum Gasteiger partial charge on any atom is -0.483 e. The quantitative estimate of drug-likeness (QED) is 0.418. The van der Waals surface area contributed by atoms with Crippen molar-refractivity contribution in [3.63, 3.8) is 0 Å². The van der Waals surface area contributed by atoms with Crippen LogP contribution in [-0.4, -0.2) is 18.7 Å². The first kappa shape index (κ1) is 21.1. The van der Waals surface area contributed by atoms with E-state index in [2.05, 4.69) is 26.2 Å². The van der Waals surface area contributed by atoms with Gasteiger partial charge in [-0.2, -0.15) is 0 Å². The maximum atomic E-state index is 12.2. The maximum Gasteiger partial charge on any atom is 0.262 e. The summed E-state index contributed by atoms with van der Waals surface area (Å²) in [5, 5.41) is 3.50. The molecule has 0 saturated heterocycles. The van der Waals surface area contributed by atoms with Crippen molar-refractivity contribution in [3.8, 4) is 5.75 Å². The van der Waals surface area contributed by atoms with Gasteiger partial charge in [-0.25, -0.2) is 0 Å². The van der Waals surface area contributed by atoms with E-state index in [1.54, 1.807) is 18.3 Å². The van der Waals surface area contributed by atoms with Crippen LogP contribution in [0.5, 0.6) is 5.75 Å². The molecule has 0 bridgehead atoms. The summed E-state index contributed by atoms with van der Waals surface area (Å²) < 4.78 is 6.62. The molecule has 0 unspecified atom stereocenters. The Morgan fingerprint density at radius 1 is 1.14 bits per heavy atom. The lowest BCUT2D eigenvalue weighted by Gasteiger charge is -2.10. The third-order valence-corrected chi connectivity index (χ3v) is 5.04. The third-order valence-electron chi connectivity index (χ3n) is 4.14. The second kappa shape index (κ2) is 9.72. The number of ether oxygens (including phenoxy) is 1. The molecule has 0 radical (unpaired) electrons. The van der Waals surface area contributed by atoms with Crippen molar-refractivity contribution < 1.29 is 9.53 Å². The van der Waals surface area contributed by atoms with E-state index in [1.807, 2.05) is 62.4 Å². The number of aliphatic imine (C=N–C) groups is 1. The Labute approximate surface area is 183 Å². The molecule has 0 fully saturated rings. The van der Waals surface area contributed by atoms with Crippen LogP contribution in [0, 0.1) is 13.8 Å². The van der Waals surface area contributed by atoms with Crippen LogP contribution in [0.2, 0.25) is 5.02 Å². The smallest absolute Gasteiger partial charge is 0.262 e. The van der Waals surface area contributed by atoms with Gasteiger partial charge in [0.15, 0.2) is 6.61 Å². The topological polar surface area (TPSA) is 50.7 Å². The van der Waals surface area contributed by atoms with Gasteiger partial charge in [-0.05, 0) is 67.4 Å². The fourth-order valence-corrected chi connectivity index (χ4v) is 3.17. The number of hydrogen-bond donors (Lipinski definition) is 1. The first-order chi connectivity index (χ1) is 13.9. The number of amides is 1. The molecule has 148 valence electrons. The van der Waals surface area contributed by atoms with E-state index in [9.17, 15) is 4.79 Å². The van der Waals surface area contributed by atoms with Crippen molar-refractivity contribution in [2.45, 2.75) is 13.8 Å². The number of halogens is 2. The Hall–Kier alpha value is -2.63. The van der Waals surface area contributed by atoms with E-state index in [0.29, 0.717) is 10.8 Å². The molecule has 3 rings (SSSR count). The van der Waals surface area contributed by atoms with E-state index in [1.165, 1.54) is 0 Å². The van der Waals surface area contributed by atoms with Gasteiger partial charge in [0.1, 0.15) is 5.75 Å². The summed E-state index contributed by atoms with van der Waals surface area (Å²) in [6.45, 7) is 3.81. The van der Waals surface area contributed by atoms with Crippen LogP contribution in [0.15, 0.2) is 70.1 Å². The highest BCUT2D eigenvalue weighted by molar-refractivity contribution is 9.10. The molecule has 0 aliphatic heterocycles. The first-order valence-electron chi connectivity index (χ1n) is 9.00. The highest BCUT2D eigenvalue weighted by Crippen LogP contribution is 2.25. The predicted octanol–water partition coefficient (Wildman–Crippen LogP) is 6.49. The second-order valence-corrected chi connectivity index (χ2v) is 7.90. The third kappa shape index (κ3) is 6.17. The molecule has 0 aromatic heterocycles. The molecule has 0 atom stereocenters. The molecule has 3 aromatic rings. The summed E-state index contributed by atoms with van der Waals surface area (Å²) in [7, 11) is 0. The van der Waals surface area contributed by atoms with Gasteiger partial charge < -0.3 is 10.1 Å². The zero-order valence-corrected chi connectivity index (χ0v) is 18.4. The first-order valence-corrected chi connectivity index (χ1v) is 10.2. The van der Waals surface area contributed by atoms with Gasteiger partial charge in [-0.1, -0.05) is 45.7 Å². The van der Waals surface area contributed by atoms with Gasteiger partial charge in [0.2, 0.25) is 0 Å². The lowest BCUT2D eigenvalue weighted by molar-refractivity contribution is -0.118. The molecule has 4 nitrogen and oxygen atoms in total. The molecular weight excluding hydrogens is 452 g/mol. The van der Waals surface area contributed by atoms with Crippen molar-refractivity contribution in [1.82, 2.24) is 0 Å². The van der Waals surface area contributed by atoms with Gasteiger partial charge >= 0.3 is 0 Å². The van der Waals surface area contributed by atoms with Crippen LogP contribution < -0.4 is 10.1 Å². The SMILES string of the molecule is Cc1cccc(NC(=O)COc2ccc(Br)cc2C=Nc2ccc(C)c(Cl)c2)c1. The Kier molecular flexibility index (Phi) is 7.07. The van der Waals surface area contributed by atoms with Gasteiger partial charge in [-0.15, -0.1) is 0 Å². The molecule has 0 aliphatic carbocycles. The van der Waals surface area contributed by atoms with Gasteiger partial charge in [0.05, 0.1) is 5.69 Å². The number of carbonyl (C=O) groups excluding carboxylic acids is 1. The Morgan fingerprint density at radius 2 is 1.97 bits per heavy atom. The molecule has 1 N–H and O–H groups in total. The summed E-state index contributed by atoms with van der Waals surface area (Å²) in [5.41, 5.74) is 4.30. The second-order valence-electron chi connectivity index (χ2n) is 6.58. The van der Waals surface area contributed by atoms with E-state index in [0.717, 1.165) is 32.5 Å². The van der Waals surface area contributed by atoms with E-state index < -0.39 is 0 Å². The average Bonchev–Trinajstić information content (AvgIpc) is 2.68. The van der Waals surface area contributed by atoms with E-state index in [4.69, 9.17) is 16.3 Å². The monoisotopic (exact) mass is 470 g/mol. The van der Waals surface area contributed by atoms with Gasteiger partial charge in [0, 0.05) is 27.0 Å². The Balaban J connectivity index is 1.70. The number of benzene rings is 3. The highest BCUT2D eigenvalue weighted by Gasteiger charge is 2.08. The summed E-state index contributed by atoms with van der Waals surface area (Å²) in [6.07, 6.45) is 1.69. The number of nitrogens with zero attached hydrogens (tertiary/aromatic N) is 1. The normalized spacial score (nSPS) is 10.9. The van der Waals surface area contributed by atoms with Crippen LogP contribution in [0.1, 0.15) is 16.7 Å². The minimum absolute atomic E-state index is 0.104. The molecule has 29 heavy (non-hydrogen) atoms. The number of nitrogens with one attached hydrogen (secondary N) is 1. The van der Waals surface area contributed by atoms with Crippen LogP contribution in [0.3, 0.4) is 0 Å². The van der Waals surface area contributed by atoms with E-state index >= 15 is 0 Å². The van der Waals surface area contributed by atoms with Crippen molar-refractivity contribution in [2.75, 3.05) is 11.9 Å². The lowest BCUT2D eigenvalue weighted by Crippen LogP contribution is -2.20. The molecule has 0 saturated carbocycles. The van der Waals surface area contributed by atoms with Crippen molar-refractivity contribution >= 4 is 51.0 Å². The zero-order chi connectivity index (χ0) is 20.8. The summed E-state index contributed by atoms with van der Waals surface area (Å²) >= 11 is 9.62. The average molecular weight is 472 g/mol. The van der Waals surface area contributed by atoms with Crippen molar-refractivity contribution in [3.05, 3.63) is 86.8 Å². The van der Waals surface area contributed by atoms with Crippen LogP contribution >= 0.6 is 27.5 Å². The largest absolute Gasteiger partial charge is 0.483 e. The fraction of sp³-hybridized carbons (Fsp3) is 0.130. The fourth-order valence-electron chi connectivity index (χ4n) is 2.62. The standard InChI is InChI=1S/C23H20BrClN2O2/c1-15-4-3-5-20(10-15)27-23(28)14-29-22-9-7-18(24)11-17(22)13-26-19-8-6-16(2)21(25)12-19/h3-13H,14H2,1-2H3,(H,27,28). The zero-order valence-electron chi connectivity index (χ0n) is 16.1. The molecule has 0 aliphatic rings. The van der Waals surface area contributed by atoms with Gasteiger partial charge in [-0.3, -0.25) is 9.79 Å². The van der Waals surface area contributed by atoms with Gasteiger partial charge in [0.25, 0.3) is 5.91 Å². The number of rotatable bonds is 6. The number of carbonyl (C=O) groups is 1. The van der Waals surface area contributed by atoms with E-state index in [-0.39, 0.29) is 12.5 Å². The van der Waals surface area contributed by atoms with Crippen LogP contribution in [0.4, 0.5) is 11.4 Å². The highest BCUT2D eigenvalue weighted by atomic mass is 79.9. The molecular formula is C23H20BrClN2O2. The Bertz CT molecular complexity index is 1070. The van der Waals surface area contributed by atoms with Crippen LogP contribution in [-0.2, 0) is 4.79 Å². The minimum atomic E-state index is -0.230. The van der Waals surface area contributed by atoms with Crippen molar-refractivity contribution in [2.24, 2.45) is 4.99 Å². The maximum absolute atomic E-state index is 12.2. The van der Waals surface area contributed by atoms with Crippen molar-refractivity contribution in [1.29, 1.82) is 0 Å². The summed E-state index contributed by atoms with van der Waals surface area (Å²) in [4.78, 5) is 16.7.